The predicted molar refractivity (Wildman–Crippen MR) is 71.1 cm³/mol. The molecular formula is C11H18NO2PSi. The van der Waals surface area contributed by atoms with Gasteiger partial charge >= 0.3 is 0 Å². The molecule has 16 heavy (non-hydrogen) atoms. The summed E-state index contributed by atoms with van der Waals surface area (Å²) in [5.41, 5.74) is 1.20. The van der Waals surface area contributed by atoms with Gasteiger partial charge in [-0.1, -0.05) is 18.2 Å². The van der Waals surface area contributed by atoms with Crippen LogP contribution in [0.5, 0.6) is 0 Å². The minimum atomic E-state index is -1.53. The van der Waals surface area contributed by atoms with Crippen LogP contribution in [-0.2, 0) is 8.74 Å². The predicted octanol–water partition coefficient (Wildman–Crippen LogP) is 3.60. The van der Waals surface area contributed by atoms with Crippen molar-refractivity contribution in [3.05, 3.63) is 30.3 Å². The van der Waals surface area contributed by atoms with E-state index in [1.165, 1.54) is 5.69 Å². The van der Waals surface area contributed by atoms with Crippen LogP contribution < -0.4 is 4.67 Å². The number of benzene rings is 1. The van der Waals surface area contributed by atoms with E-state index in [1.54, 1.807) is 0 Å². The Morgan fingerprint density at radius 2 is 1.94 bits per heavy atom. The van der Waals surface area contributed by atoms with E-state index in [4.69, 9.17) is 8.74 Å². The number of hydrogen-bond acceptors (Lipinski definition) is 3. The average Bonchev–Trinajstić information content (AvgIpc) is 2.64. The molecule has 1 atom stereocenters. The maximum Gasteiger partial charge on any atom is 0.279 e. The first-order chi connectivity index (χ1) is 7.56. The van der Waals surface area contributed by atoms with E-state index in [1.807, 2.05) is 6.07 Å². The molecule has 0 N–H and O–H groups in total. The highest BCUT2D eigenvalue weighted by Gasteiger charge is 2.32. The van der Waals surface area contributed by atoms with Crippen molar-refractivity contribution < 1.29 is 8.74 Å². The summed E-state index contributed by atoms with van der Waals surface area (Å²) in [6.45, 7) is 8.28. The Morgan fingerprint density at radius 1 is 1.25 bits per heavy atom. The maximum atomic E-state index is 6.07. The molecular weight excluding hydrogens is 237 g/mol. The van der Waals surface area contributed by atoms with E-state index < -0.39 is 16.8 Å². The van der Waals surface area contributed by atoms with Crippen LogP contribution in [0.2, 0.25) is 19.6 Å². The second-order valence-corrected chi connectivity index (χ2v) is 10.9. The SMILES string of the molecule is C[Si](C)(C)OP1OCCN1c1ccccc1. The fourth-order valence-corrected chi connectivity index (χ4v) is 4.91. The normalized spacial score (nSPS) is 21.4. The molecule has 1 aromatic carbocycles. The fourth-order valence-electron chi connectivity index (χ4n) is 1.49. The lowest BCUT2D eigenvalue weighted by molar-refractivity contribution is 0.358. The molecule has 1 fully saturated rings. The maximum absolute atomic E-state index is 6.07. The molecule has 1 aliphatic rings. The molecule has 0 radical (unpaired) electrons. The van der Waals surface area contributed by atoms with E-state index in [9.17, 15) is 0 Å². The lowest BCUT2D eigenvalue weighted by Crippen LogP contribution is -2.26. The second-order valence-electron chi connectivity index (χ2n) is 4.73. The van der Waals surface area contributed by atoms with Gasteiger partial charge in [0.05, 0.1) is 6.61 Å². The Bertz CT molecular complexity index is 342. The van der Waals surface area contributed by atoms with Gasteiger partial charge in [-0.15, -0.1) is 0 Å². The molecule has 1 heterocycles. The van der Waals surface area contributed by atoms with E-state index in [0.29, 0.717) is 0 Å². The van der Waals surface area contributed by atoms with Crippen LogP contribution in [0.25, 0.3) is 0 Å². The summed E-state index contributed by atoms with van der Waals surface area (Å²) in [5, 5.41) is 0. The van der Waals surface area contributed by atoms with Crippen molar-refractivity contribution in [2.75, 3.05) is 17.8 Å². The third kappa shape index (κ3) is 3.05. The fraction of sp³-hybridized carbons (Fsp3) is 0.455. The number of nitrogens with zero attached hydrogens (tertiary/aromatic N) is 1. The van der Waals surface area contributed by atoms with E-state index in [0.717, 1.165) is 13.2 Å². The highest BCUT2D eigenvalue weighted by atomic mass is 31.2. The molecule has 1 aromatic rings. The lowest BCUT2D eigenvalue weighted by Gasteiger charge is -2.28. The summed E-state index contributed by atoms with van der Waals surface area (Å²) in [7, 11) is -2.41. The first-order valence-electron chi connectivity index (χ1n) is 5.51. The van der Waals surface area contributed by atoms with Crippen LogP contribution in [0.3, 0.4) is 0 Å². The first kappa shape index (κ1) is 12.1. The molecule has 2 rings (SSSR count). The molecule has 88 valence electrons. The van der Waals surface area contributed by atoms with Crippen LogP contribution >= 0.6 is 8.53 Å². The van der Waals surface area contributed by atoms with Gasteiger partial charge in [-0.05, 0) is 31.8 Å². The van der Waals surface area contributed by atoms with E-state index in [-0.39, 0.29) is 0 Å². The number of anilines is 1. The Morgan fingerprint density at radius 3 is 2.56 bits per heavy atom. The van der Waals surface area contributed by atoms with Crippen molar-refractivity contribution in [1.29, 1.82) is 0 Å². The van der Waals surface area contributed by atoms with Crippen LogP contribution in [0.15, 0.2) is 30.3 Å². The average molecular weight is 255 g/mol. The molecule has 1 aliphatic heterocycles. The van der Waals surface area contributed by atoms with Crippen molar-refractivity contribution in [3.63, 3.8) is 0 Å². The van der Waals surface area contributed by atoms with Crippen LogP contribution in [0.4, 0.5) is 5.69 Å². The van der Waals surface area contributed by atoms with Crippen molar-refractivity contribution in [1.82, 2.24) is 0 Å². The monoisotopic (exact) mass is 255 g/mol. The van der Waals surface area contributed by atoms with Gasteiger partial charge in [0, 0.05) is 12.2 Å². The zero-order valence-corrected chi connectivity index (χ0v) is 11.9. The zero-order valence-electron chi connectivity index (χ0n) is 10.0. The molecule has 5 heteroatoms. The number of hydrogen-bond donors (Lipinski definition) is 0. The Hall–Kier alpha value is -0.413. The molecule has 3 nitrogen and oxygen atoms in total. The van der Waals surface area contributed by atoms with Crippen molar-refractivity contribution in [3.8, 4) is 0 Å². The van der Waals surface area contributed by atoms with Crippen LogP contribution in [0.1, 0.15) is 0 Å². The highest BCUT2D eigenvalue weighted by molar-refractivity contribution is 7.51. The standard InChI is InChI=1S/C11H18NO2PSi/c1-16(2,3)14-15-12(9-10-13-15)11-7-5-4-6-8-11/h4-8H,9-10H2,1-3H3. The summed E-state index contributed by atoms with van der Waals surface area (Å²) in [6.07, 6.45) is 0. The molecule has 1 saturated heterocycles. The van der Waals surface area contributed by atoms with E-state index in [2.05, 4.69) is 48.6 Å². The van der Waals surface area contributed by atoms with Crippen LogP contribution in [-0.4, -0.2) is 21.5 Å². The van der Waals surface area contributed by atoms with Gasteiger partial charge in [-0.25, -0.2) is 0 Å². The van der Waals surface area contributed by atoms with Gasteiger partial charge in [0.1, 0.15) is 0 Å². The van der Waals surface area contributed by atoms with Crippen molar-refractivity contribution >= 4 is 22.5 Å². The summed E-state index contributed by atoms with van der Waals surface area (Å²) in [5.74, 6) is 0. The molecule has 0 saturated carbocycles. The van der Waals surface area contributed by atoms with Gasteiger partial charge in [-0.2, -0.15) is 0 Å². The largest absolute Gasteiger partial charge is 0.360 e. The molecule has 0 spiro atoms. The quantitative estimate of drug-likeness (QED) is 0.608. The molecule has 0 aromatic heterocycles. The Kier molecular flexibility index (Phi) is 3.65. The Labute approximate surface area is 99.5 Å². The Balaban J connectivity index is 2.10. The third-order valence-corrected chi connectivity index (χ3v) is 6.15. The summed E-state index contributed by atoms with van der Waals surface area (Å²) < 4.78 is 14.0. The van der Waals surface area contributed by atoms with Crippen molar-refractivity contribution in [2.45, 2.75) is 19.6 Å². The molecule has 1 unspecified atom stereocenters. The van der Waals surface area contributed by atoms with Gasteiger partial charge in [0.15, 0.2) is 8.32 Å². The number of para-hydroxylation sites is 1. The van der Waals surface area contributed by atoms with Gasteiger partial charge in [0.25, 0.3) is 8.53 Å². The number of rotatable bonds is 3. The zero-order chi connectivity index (χ0) is 11.6. The van der Waals surface area contributed by atoms with Gasteiger partial charge in [0.2, 0.25) is 0 Å². The lowest BCUT2D eigenvalue weighted by atomic mass is 10.3. The second kappa shape index (κ2) is 4.84. The van der Waals surface area contributed by atoms with E-state index >= 15 is 0 Å². The van der Waals surface area contributed by atoms with Crippen molar-refractivity contribution in [2.24, 2.45) is 0 Å². The minimum Gasteiger partial charge on any atom is -0.360 e. The molecule has 0 amide bonds. The third-order valence-electron chi connectivity index (χ3n) is 2.11. The smallest absolute Gasteiger partial charge is 0.279 e. The van der Waals surface area contributed by atoms with Gasteiger partial charge < -0.3 is 13.4 Å². The van der Waals surface area contributed by atoms with Crippen LogP contribution in [0, 0.1) is 0 Å². The summed E-state index contributed by atoms with van der Waals surface area (Å²) >= 11 is 0. The molecule has 0 bridgehead atoms. The first-order valence-corrected chi connectivity index (χ1v) is 10.0. The summed E-state index contributed by atoms with van der Waals surface area (Å²) in [4.78, 5) is 0. The highest BCUT2D eigenvalue weighted by Crippen LogP contribution is 2.51. The topological polar surface area (TPSA) is 21.7 Å². The van der Waals surface area contributed by atoms with Gasteiger partial charge in [-0.3, -0.25) is 0 Å². The summed E-state index contributed by atoms with van der Waals surface area (Å²) in [6, 6.07) is 10.3. The molecule has 0 aliphatic carbocycles. The minimum absolute atomic E-state index is 0.769.